The number of hydrogen-bond acceptors (Lipinski definition) is 4. The number of hydrogen-bond donors (Lipinski definition) is 1. The highest BCUT2D eigenvalue weighted by Gasteiger charge is 2.21. The molecule has 0 saturated carbocycles. The van der Waals surface area contributed by atoms with Crippen molar-refractivity contribution in [3.05, 3.63) is 69.8 Å². The average Bonchev–Trinajstić information content (AvgIpc) is 3.15. The Morgan fingerprint density at radius 1 is 1.20 bits per heavy atom. The summed E-state index contributed by atoms with van der Waals surface area (Å²) in [5.74, 6) is 0.420. The van der Waals surface area contributed by atoms with Crippen LogP contribution in [0.15, 0.2) is 47.3 Å². The van der Waals surface area contributed by atoms with Crippen LogP contribution in [0.5, 0.6) is 5.75 Å². The van der Waals surface area contributed by atoms with Crippen LogP contribution in [0.25, 0.3) is 22.6 Å². The van der Waals surface area contributed by atoms with Crippen LogP contribution in [0, 0.1) is 0 Å². The van der Waals surface area contributed by atoms with Crippen molar-refractivity contribution in [2.75, 3.05) is 6.61 Å². The number of allylic oxidation sites excluding steroid dienone is 1. The number of fused-ring (bicyclic) bond motifs is 2. The zero-order valence-electron chi connectivity index (χ0n) is 16.9. The van der Waals surface area contributed by atoms with Crippen molar-refractivity contribution in [1.82, 2.24) is 9.55 Å². The van der Waals surface area contributed by atoms with Crippen molar-refractivity contribution in [3.63, 3.8) is 0 Å². The summed E-state index contributed by atoms with van der Waals surface area (Å²) in [4.78, 5) is 28.7. The van der Waals surface area contributed by atoms with E-state index >= 15 is 0 Å². The van der Waals surface area contributed by atoms with E-state index in [4.69, 9.17) is 4.74 Å². The highest BCUT2D eigenvalue weighted by molar-refractivity contribution is 5.93. The molecule has 0 aliphatic carbocycles. The lowest BCUT2D eigenvalue weighted by atomic mass is 10.1. The van der Waals surface area contributed by atoms with E-state index in [0.717, 1.165) is 29.9 Å². The summed E-state index contributed by atoms with van der Waals surface area (Å²) < 4.78 is 7.42. The van der Waals surface area contributed by atoms with E-state index < -0.39 is 5.97 Å². The molecule has 1 aliphatic heterocycles. The number of rotatable bonds is 7. The molecule has 30 heavy (non-hydrogen) atoms. The van der Waals surface area contributed by atoms with Gasteiger partial charge in [0.2, 0.25) is 0 Å². The zero-order valence-corrected chi connectivity index (χ0v) is 16.9. The standard InChI is InChI=1S/C24H24N2O4/c1-2-3-4-13-30-19-8-5-16(6-9-19)14-17-11-12-26-22(17)25-21-15-18(24(28)29)7-10-20(21)23(26)27/h5-10,14-15H,2-4,11-13H2,1H3,(H,28,29)/b17-14+. The minimum absolute atomic E-state index is 0.123. The smallest absolute Gasteiger partial charge is 0.335 e. The maximum absolute atomic E-state index is 12.8. The number of aromatic nitrogens is 2. The van der Waals surface area contributed by atoms with Crippen LogP contribution in [0.2, 0.25) is 0 Å². The second kappa shape index (κ2) is 8.53. The molecule has 1 N–H and O–H groups in total. The number of ether oxygens (including phenoxy) is 1. The van der Waals surface area contributed by atoms with E-state index in [-0.39, 0.29) is 11.1 Å². The topological polar surface area (TPSA) is 81.4 Å². The quantitative estimate of drug-likeness (QED) is 0.582. The van der Waals surface area contributed by atoms with Crippen LogP contribution >= 0.6 is 0 Å². The van der Waals surface area contributed by atoms with E-state index in [0.29, 0.717) is 29.7 Å². The summed E-state index contributed by atoms with van der Waals surface area (Å²) in [7, 11) is 0. The second-order valence-electron chi connectivity index (χ2n) is 7.47. The highest BCUT2D eigenvalue weighted by atomic mass is 16.5. The molecule has 0 fully saturated rings. The van der Waals surface area contributed by atoms with Crippen molar-refractivity contribution < 1.29 is 14.6 Å². The Hall–Kier alpha value is -3.41. The molecule has 0 atom stereocenters. The maximum atomic E-state index is 12.8. The third-order valence-corrected chi connectivity index (χ3v) is 5.33. The Kier molecular flexibility index (Phi) is 5.65. The van der Waals surface area contributed by atoms with Gasteiger partial charge >= 0.3 is 5.97 Å². The van der Waals surface area contributed by atoms with Gasteiger partial charge in [-0.3, -0.25) is 9.36 Å². The lowest BCUT2D eigenvalue weighted by molar-refractivity contribution is 0.0697. The Morgan fingerprint density at radius 3 is 2.73 bits per heavy atom. The summed E-state index contributed by atoms with van der Waals surface area (Å²) in [6.45, 7) is 3.46. The Morgan fingerprint density at radius 2 is 2.00 bits per heavy atom. The molecule has 0 spiro atoms. The SMILES string of the molecule is CCCCCOc1ccc(/C=C2\CCn3c2nc2cc(C(=O)O)ccc2c3=O)cc1. The normalized spacial score (nSPS) is 14.2. The van der Waals surface area contributed by atoms with Crippen LogP contribution in [-0.2, 0) is 6.54 Å². The number of aromatic carboxylic acids is 1. The fourth-order valence-electron chi connectivity index (χ4n) is 3.69. The molecule has 0 bridgehead atoms. The van der Waals surface area contributed by atoms with Crippen molar-refractivity contribution in [1.29, 1.82) is 0 Å². The van der Waals surface area contributed by atoms with Crippen LogP contribution in [0.1, 0.15) is 54.4 Å². The van der Waals surface area contributed by atoms with Gasteiger partial charge in [-0.25, -0.2) is 9.78 Å². The monoisotopic (exact) mass is 404 g/mol. The number of carboxylic acids is 1. The van der Waals surface area contributed by atoms with Crippen LogP contribution < -0.4 is 10.3 Å². The lowest BCUT2D eigenvalue weighted by Gasteiger charge is -2.07. The molecule has 2 aromatic carbocycles. The van der Waals surface area contributed by atoms with Gasteiger partial charge in [0, 0.05) is 6.54 Å². The first kappa shape index (κ1) is 19.9. The fraction of sp³-hybridized carbons (Fsp3) is 0.292. The number of unbranched alkanes of at least 4 members (excludes halogenated alkanes) is 2. The summed E-state index contributed by atoms with van der Waals surface area (Å²) in [5, 5.41) is 9.66. The molecule has 4 rings (SSSR count). The third kappa shape index (κ3) is 3.99. The van der Waals surface area contributed by atoms with E-state index in [1.807, 2.05) is 30.3 Å². The Labute approximate surface area is 174 Å². The minimum Gasteiger partial charge on any atom is -0.494 e. The first-order chi connectivity index (χ1) is 14.6. The molecule has 0 unspecified atom stereocenters. The minimum atomic E-state index is -1.04. The van der Waals surface area contributed by atoms with Gasteiger partial charge in [-0.2, -0.15) is 0 Å². The molecule has 0 amide bonds. The first-order valence-electron chi connectivity index (χ1n) is 10.3. The maximum Gasteiger partial charge on any atom is 0.335 e. The van der Waals surface area contributed by atoms with Gasteiger partial charge in [0.25, 0.3) is 5.56 Å². The molecule has 3 aromatic rings. The van der Waals surface area contributed by atoms with E-state index in [1.54, 1.807) is 10.6 Å². The molecule has 0 radical (unpaired) electrons. The van der Waals surface area contributed by atoms with Crippen LogP contribution in [0.3, 0.4) is 0 Å². The largest absolute Gasteiger partial charge is 0.494 e. The van der Waals surface area contributed by atoms with Gasteiger partial charge in [0.05, 0.1) is 23.1 Å². The van der Waals surface area contributed by atoms with E-state index in [9.17, 15) is 14.7 Å². The predicted molar refractivity (Wildman–Crippen MR) is 117 cm³/mol. The Bertz CT molecular complexity index is 1180. The van der Waals surface area contributed by atoms with Crippen LogP contribution in [-0.4, -0.2) is 27.2 Å². The van der Waals surface area contributed by atoms with Gasteiger partial charge < -0.3 is 9.84 Å². The molecular weight excluding hydrogens is 380 g/mol. The summed E-state index contributed by atoms with van der Waals surface area (Å²) >= 11 is 0. The van der Waals surface area contributed by atoms with Gasteiger partial charge in [-0.05, 0) is 60.4 Å². The van der Waals surface area contributed by atoms with Gasteiger partial charge in [0.1, 0.15) is 11.6 Å². The lowest BCUT2D eigenvalue weighted by Crippen LogP contribution is -2.20. The average molecular weight is 404 g/mol. The number of carboxylic acid groups (broad SMARTS) is 1. The van der Waals surface area contributed by atoms with Crippen molar-refractivity contribution in [2.24, 2.45) is 0 Å². The highest BCUT2D eigenvalue weighted by Crippen LogP contribution is 2.28. The van der Waals surface area contributed by atoms with Gasteiger partial charge in [-0.1, -0.05) is 31.9 Å². The predicted octanol–water partition coefficient (Wildman–Crippen LogP) is 4.61. The molecule has 6 heteroatoms. The van der Waals surface area contributed by atoms with Crippen molar-refractivity contribution >= 4 is 28.5 Å². The molecule has 2 heterocycles. The number of carbonyl (C=O) groups is 1. The molecular formula is C24H24N2O4. The van der Waals surface area contributed by atoms with Gasteiger partial charge in [-0.15, -0.1) is 0 Å². The fourth-order valence-corrected chi connectivity index (χ4v) is 3.69. The number of nitrogens with zero attached hydrogens (tertiary/aromatic N) is 2. The van der Waals surface area contributed by atoms with E-state index in [2.05, 4.69) is 11.9 Å². The summed E-state index contributed by atoms with van der Waals surface area (Å²) in [5.41, 5.74) is 2.37. The van der Waals surface area contributed by atoms with Crippen LogP contribution in [0.4, 0.5) is 0 Å². The summed E-state index contributed by atoms with van der Waals surface area (Å²) in [6.07, 6.45) is 6.12. The summed E-state index contributed by atoms with van der Waals surface area (Å²) in [6, 6.07) is 12.3. The molecule has 1 aliphatic rings. The molecule has 1 aromatic heterocycles. The zero-order chi connectivity index (χ0) is 21.1. The van der Waals surface area contributed by atoms with Gasteiger partial charge in [0.15, 0.2) is 0 Å². The molecule has 154 valence electrons. The first-order valence-corrected chi connectivity index (χ1v) is 10.3. The van der Waals surface area contributed by atoms with E-state index in [1.165, 1.54) is 25.0 Å². The Balaban J connectivity index is 1.62. The van der Waals surface area contributed by atoms with Crippen molar-refractivity contribution in [2.45, 2.75) is 39.2 Å². The van der Waals surface area contributed by atoms with Crippen molar-refractivity contribution in [3.8, 4) is 5.75 Å². The molecule has 6 nitrogen and oxygen atoms in total. The molecule has 0 saturated heterocycles. The second-order valence-corrected chi connectivity index (χ2v) is 7.47. The third-order valence-electron chi connectivity index (χ3n) is 5.33. The number of benzene rings is 2.